The number of amides is 1. The Morgan fingerprint density at radius 3 is 2.47 bits per heavy atom. The predicted octanol–water partition coefficient (Wildman–Crippen LogP) is 1.78. The molecule has 1 aromatic rings. The number of carbonyl (C=O) groups is 1. The molecule has 3 N–H and O–H groups in total. The summed E-state index contributed by atoms with van der Waals surface area (Å²) in [6.45, 7) is 9.86. The molecule has 0 saturated heterocycles. The highest BCUT2D eigenvalue weighted by Crippen LogP contribution is 2.18. The SMILES string of the molecule is CC(C)n1ccc(NC(=O)[C@H](N)C(C)(C)C)n1. The van der Waals surface area contributed by atoms with Crippen LogP contribution in [-0.2, 0) is 4.79 Å². The third-order valence-corrected chi connectivity index (χ3v) is 2.60. The van der Waals surface area contributed by atoms with Crippen LogP contribution in [-0.4, -0.2) is 21.7 Å². The van der Waals surface area contributed by atoms with Gasteiger partial charge in [-0.25, -0.2) is 0 Å². The first-order valence-corrected chi connectivity index (χ1v) is 5.83. The first kappa shape index (κ1) is 13.7. The molecule has 1 rings (SSSR count). The number of rotatable bonds is 3. The van der Waals surface area contributed by atoms with E-state index in [1.165, 1.54) is 0 Å². The monoisotopic (exact) mass is 238 g/mol. The largest absolute Gasteiger partial charge is 0.319 e. The van der Waals surface area contributed by atoms with Gasteiger partial charge in [0, 0.05) is 18.3 Å². The molecular weight excluding hydrogens is 216 g/mol. The Morgan fingerprint density at radius 1 is 1.47 bits per heavy atom. The molecule has 0 saturated carbocycles. The lowest BCUT2D eigenvalue weighted by Crippen LogP contribution is -2.45. The lowest BCUT2D eigenvalue weighted by molar-refractivity contribution is -0.119. The van der Waals surface area contributed by atoms with Gasteiger partial charge in [-0.05, 0) is 19.3 Å². The van der Waals surface area contributed by atoms with Gasteiger partial charge in [-0.3, -0.25) is 9.48 Å². The molecule has 17 heavy (non-hydrogen) atoms. The molecule has 1 heterocycles. The zero-order valence-corrected chi connectivity index (χ0v) is 11.2. The van der Waals surface area contributed by atoms with E-state index >= 15 is 0 Å². The van der Waals surface area contributed by atoms with E-state index in [4.69, 9.17) is 5.73 Å². The lowest BCUT2D eigenvalue weighted by Gasteiger charge is -2.25. The molecule has 1 atom stereocenters. The fourth-order valence-electron chi connectivity index (χ4n) is 1.29. The van der Waals surface area contributed by atoms with Crippen molar-refractivity contribution >= 4 is 11.7 Å². The highest BCUT2D eigenvalue weighted by atomic mass is 16.2. The van der Waals surface area contributed by atoms with Gasteiger partial charge in [0.25, 0.3) is 0 Å². The summed E-state index contributed by atoms with van der Waals surface area (Å²) >= 11 is 0. The standard InChI is InChI=1S/C12H22N4O/c1-8(2)16-7-6-9(15-16)14-11(17)10(13)12(3,4)5/h6-8,10H,13H2,1-5H3,(H,14,15,17)/t10-/m0/s1. The first-order valence-electron chi connectivity index (χ1n) is 5.83. The van der Waals surface area contributed by atoms with Gasteiger partial charge < -0.3 is 11.1 Å². The summed E-state index contributed by atoms with van der Waals surface area (Å²) in [6, 6.07) is 1.50. The number of nitrogens with zero attached hydrogens (tertiary/aromatic N) is 2. The maximum absolute atomic E-state index is 11.9. The Kier molecular flexibility index (Phi) is 3.93. The zero-order valence-electron chi connectivity index (χ0n) is 11.2. The van der Waals surface area contributed by atoms with Crippen molar-refractivity contribution in [1.82, 2.24) is 9.78 Å². The van der Waals surface area contributed by atoms with E-state index in [2.05, 4.69) is 10.4 Å². The smallest absolute Gasteiger partial charge is 0.243 e. The first-order chi connectivity index (χ1) is 7.71. The Morgan fingerprint density at radius 2 is 2.06 bits per heavy atom. The third kappa shape index (κ3) is 3.56. The number of carbonyl (C=O) groups excluding carboxylic acids is 1. The summed E-state index contributed by atoms with van der Waals surface area (Å²) in [5, 5.41) is 6.97. The van der Waals surface area contributed by atoms with Crippen molar-refractivity contribution in [2.45, 2.75) is 46.7 Å². The molecule has 96 valence electrons. The molecule has 0 fully saturated rings. The number of nitrogens with two attached hydrogens (primary N) is 1. The summed E-state index contributed by atoms with van der Waals surface area (Å²) in [7, 11) is 0. The van der Waals surface area contributed by atoms with Crippen molar-refractivity contribution in [3.05, 3.63) is 12.3 Å². The third-order valence-electron chi connectivity index (χ3n) is 2.60. The second kappa shape index (κ2) is 4.87. The van der Waals surface area contributed by atoms with Gasteiger partial charge in [0.05, 0.1) is 6.04 Å². The molecule has 5 heteroatoms. The van der Waals surface area contributed by atoms with E-state index in [1.807, 2.05) is 40.8 Å². The molecule has 0 spiro atoms. The number of aromatic nitrogens is 2. The Bertz CT molecular complexity index is 389. The summed E-state index contributed by atoms with van der Waals surface area (Å²) < 4.78 is 1.79. The van der Waals surface area contributed by atoms with Gasteiger partial charge >= 0.3 is 0 Å². The second-order valence-electron chi connectivity index (χ2n) is 5.61. The highest BCUT2D eigenvalue weighted by molar-refractivity contribution is 5.94. The molecule has 0 aromatic carbocycles. The van der Waals surface area contributed by atoms with Gasteiger partial charge in [0.15, 0.2) is 5.82 Å². The average molecular weight is 238 g/mol. The van der Waals surface area contributed by atoms with Crippen molar-refractivity contribution in [1.29, 1.82) is 0 Å². The Balaban J connectivity index is 2.68. The van der Waals surface area contributed by atoms with Crippen molar-refractivity contribution in [2.24, 2.45) is 11.1 Å². The molecule has 0 aliphatic heterocycles. The quantitative estimate of drug-likeness (QED) is 0.843. The minimum absolute atomic E-state index is 0.202. The van der Waals surface area contributed by atoms with Gasteiger partial charge in [0.1, 0.15) is 0 Å². The molecule has 0 aliphatic rings. The van der Waals surface area contributed by atoms with Gasteiger partial charge in [-0.2, -0.15) is 5.10 Å². The Hall–Kier alpha value is -1.36. The molecule has 0 unspecified atom stereocenters. The summed E-state index contributed by atoms with van der Waals surface area (Å²) in [4.78, 5) is 11.9. The summed E-state index contributed by atoms with van der Waals surface area (Å²) in [5.74, 6) is 0.343. The van der Waals surface area contributed by atoms with Crippen LogP contribution >= 0.6 is 0 Å². The van der Waals surface area contributed by atoms with E-state index in [0.29, 0.717) is 5.82 Å². The van der Waals surface area contributed by atoms with Crippen molar-refractivity contribution in [2.75, 3.05) is 5.32 Å². The maximum atomic E-state index is 11.9. The molecule has 1 amide bonds. The number of anilines is 1. The minimum Gasteiger partial charge on any atom is -0.319 e. The van der Waals surface area contributed by atoms with Crippen molar-refractivity contribution < 1.29 is 4.79 Å². The second-order valence-corrected chi connectivity index (χ2v) is 5.61. The zero-order chi connectivity index (χ0) is 13.2. The van der Waals surface area contributed by atoms with Crippen molar-refractivity contribution in [3.63, 3.8) is 0 Å². The topological polar surface area (TPSA) is 72.9 Å². The maximum Gasteiger partial charge on any atom is 0.243 e. The van der Waals surface area contributed by atoms with Crippen LogP contribution in [0, 0.1) is 5.41 Å². The van der Waals surface area contributed by atoms with E-state index in [-0.39, 0.29) is 17.4 Å². The van der Waals surface area contributed by atoms with E-state index < -0.39 is 6.04 Å². The van der Waals surface area contributed by atoms with Crippen LogP contribution in [0.2, 0.25) is 0 Å². The van der Waals surface area contributed by atoms with Crippen LogP contribution in [0.4, 0.5) is 5.82 Å². The van der Waals surface area contributed by atoms with E-state index in [0.717, 1.165) is 0 Å². The van der Waals surface area contributed by atoms with Crippen molar-refractivity contribution in [3.8, 4) is 0 Å². The number of hydrogen-bond acceptors (Lipinski definition) is 3. The van der Waals surface area contributed by atoms with Gasteiger partial charge in [-0.15, -0.1) is 0 Å². The number of nitrogens with one attached hydrogen (secondary N) is 1. The molecule has 0 radical (unpaired) electrons. The molecule has 0 bridgehead atoms. The van der Waals surface area contributed by atoms with Crippen LogP contribution < -0.4 is 11.1 Å². The van der Waals surface area contributed by atoms with Crippen LogP contribution in [0.25, 0.3) is 0 Å². The van der Waals surface area contributed by atoms with E-state index in [9.17, 15) is 4.79 Å². The Labute approximate surface area is 102 Å². The van der Waals surface area contributed by atoms with Gasteiger partial charge in [-0.1, -0.05) is 20.8 Å². The summed E-state index contributed by atoms with van der Waals surface area (Å²) in [5.41, 5.74) is 5.60. The van der Waals surface area contributed by atoms with E-state index in [1.54, 1.807) is 10.7 Å². The van der Waals surface area contributed by atoms with Gasteiger partial charge in [0.2, 0.25) is 5.91 Å². The molecule has 5 nitrogen and oxygen atoms in total. The van der Waals surface area contributed by atoms with Crippen LogP contribution in [0.5, 0.6) is 0 Å². The lowest BCUT2D eigenvalue weighted by atomic mass is 9.87. The molecular formula is C12H22N4O. The summed E-state index contributed by atoms with van der Waals surface area (Å²) in [6.07, 6.45) is 1.84. The molecule has 1 aromatic heterocycles. The van der Waals surface area contributed by atoms with Crippen LogP contribution in [0.3, 0.4) is 0 Å². The van der Waals surface area contributed by atoms with Crippen LogP contribution in [0.15, 0.2) is 12.3 Å². The fraction of sp³-hybridized carbons (Fsp3) is 0.667. The number of hydrogen-bond donors (Lipinski definition) is 2. The van der Waals surface area contributed by atoms with Crippen LogP contribution in [0.1, 0.15) is 40.7 Å². The average Bonchev–Trinajstić information content (AvgIpc) is 2.63. The normalized spacial score (nSPS) is 13.8. The molecule has 0 aliphatic carbocycles. The predicted molar refractivity (Wildman–Crippen MR) is 68.7 cm³/mol. The minimum atomic E-state index is -0.549. The fourth-order valence-corrected chi connectivity index (χ4v) is 1.29. The highest BCUT2D eigenvalue weighted by Gasteiger charge is 2.27.